The first kappa shape index (κ1) is 11.1. The van der Waals surface area contributed by atoms with Gasteiger partial charge in [-0.05, 0) is 51.2 Å². The molecule has 0 bridgehead atoms. The molecule has 0 spiro atoms. The van der Waals surface area contributed by atoms with Gasteiger partial charge in [0.15, 0.2) is 0 Å². The molecule has 0 fully saturated rings. The van der Waals surface area contributed by atoms with Gasteiger partial charge in [0.05, 0.1) is 30.4 Å². The van der Waals surface area contributed by atoms with Crippen LogP contribution in [-0.4, -0.2) is 9.55 Å². The maximum Gasteiger partial charge on any atom is 0.114 e. The molecule has 1 aromatic heterocycles. The van der Waals surface area contributed by atoms with Crippen molar-refractivity contribution < 1.29 is 20.6 Å². The van der Waals surface area contributed by atoms with Gasteiger partial charge in [0.25, 0.3) is 0 Å². The second-order valence-electron chi connectivity index (χ2n) is 8.41. The van der Waals surface area contributed by atoms with Crippen LogP contribution in [0, 0.1) is 0 Å². The lowest BCUT2D eigenvalue weighted by molar-refractivity contribution is 0.917. The third kappa shape index (κ3) is 3.45. The summed E-state index contributed by atoms with van der Waals surface area (Å²) in [5.74, 6) is -0.426. The van der Waals surface area contributed by atoms with E-state index < -0.39 is 79.5 Å². The summed E-state index contributed by atoms with van der Waals surface area (Å²) in [4.78, 5) is 4.49. The molecule has 7 rings (SSSR count). The SMILES string of the molecule is [2H]c1c([2H])c([2H])c(-c2ccc3c(-n4c(C([2H])([2H])C([2H])([2H])[2H])nc5ccccc54)c4ccccc4c(-c4c([2H])c([2H])c([2H])c([2H])c4[2H])c3c2)c([2H])c1[2H]. The van der Waals surface area contributed by atoms with Crippen molar-refractivity contribution in [1.29, 1.82) is 0 Å². The van der Waals surface area contributed by atoms with E-state index in [1.165, 1.54) is 16.7 Å². The summed E-state index contributed by atoms with van der Waals surface area (Å²) in [6.07, 6.45) is -2.97. The van der Waals surface area contributed by atoms with Gasteiger partial charge in [0.1, 0.15) is 5.82 Å². The topological polar surface area (TPSA) is 17.8 Å². The zero-order chi connectivity index (χ0) is 37.8. The number of aryl methyl sites for hydroxylation is 1. The van der Waals surface area contributed by atoms with Gasteiger partial charge in [-0.25, -0.2) is 4.98 Å². The van der Waals surface area contributed by atoms with Crippen LogP contribution in [0.3, 0.4) is 0 Å². The Labute approximate surface area is 237 Å². The quantitative estimate of drug-likeness (QED) is 0.225. The van der Waals surface area contributed by atoms with Gasteiger partial charge >= 0.3 is 0 Å². The highest BCUT2D eigenvalue weighted by Gasteiger charge is 2.20. The fourth-order valence-electron chi connectivity index (χ4n) is 4.93. The van der Waals surface area contributed by atoms with E-state index in [-0.39, 0.29) is 33.3 Å². The van der Waals surface area contributed by atoms with E-state index in [9.17, 15) is 0 Å². The van der Waals surface area contributed by atoms with E-state index >= 15 is 0 Å². The number of hydrogen-bond acceptors (Lipinski definition) is 1. The van der Waals surface area contributed by atoms with Crippen LogP contribution < -0.4 is 0 Å². The third-order valence-corrected chi connectivity index (χ3v) is 6.43. The van der Waals surface area contributed by atoms with E-state index in [4.69, 9.17) is 20.6 Å². The van der Waals surface area contributed by atoms with Crippen LogP contribution in [0.4, 0.5) is 0 Å². The first-order valence-corrected chi connectivity index (χ1v) is 11.5. The molecule has 0 aliphatic heterocycles. The summed E-state index contributed by atoms with van der Waals surface area (Å²) < 4.78 is 129. The smallest absolute Gasteiger partial charge is 0.114 e. The Hall–Kier alpha value is -4.69. The fraction of sp³-hybridized carbons (Fsp3) is 0.0571. The van der Waals surface area contributed by atoms with Crippen LogP contribution in [0.25, 0.3) is 60.5 Å². The third-order valence-electron chi connectivity index (χ3n) is 6.43. The standard InChI is InChI=1S/C35H26N2/c1-2-33-36-31-19-11-12-20-32(31)37(33)35-28-18-10-9-17-27(28)34(25-15-7-4-8-16-25)30-23-26(21-22-29(30)35)24-13-5-3-6-14-24/h3-23H,2H2,1H3/i1D3,2D2,3D,4D,5D,6D,7D,8D,13D,14D,15D,16D. The van der Waals surface area contributed by atoms with Crippen molar-refractivity contribution in [2.24, 2.45) is 0 Å². The molecule has 0 aliphatic rings. The molecule has 37 heavy (non-hydrogen) atoms. The predicted octanol–water partition coefficient (Wildman–Crippen LogP) is 9.23. The van der Waals surface area contributed by atoms with Crippen LogP contribution in [-0.2, 0) is 6.37 Å². The van der Waals surface area contributed by atoms with Crippen molar-refractivity contribution in [1.82, 2.24) is 9.55 Å². The van der Waals surface area contributed by atoms with Crippen LogP contribution in [0.15, 0.2) is 127 Å². The number of benzene rings is 6. The Morgan fingerprint density at radius 3 is 2.16 bits per heavy atom. The number of hydrogen-bond donors (Lipinski definition) is 0. The van der Waals surface area contributed by atoms with Gasteiger partial charge in [-0.1, -0.05) is 116 Å². The molecule has 0 N–H and O–H groups in total. The fourth-order valence-corrected chi connectivity index (χ4v) is 4.93. The van der Waals surface area contributed by atoms with Gasteiger partial charge in [-0.2, -0.15) is 0 Å². The van der Waals surface area contributed by atoms with Crippen molar-refractivity contribution in [3.63, 3.8) is 0 Å². The van der Waals surface area contributed by atoms with Crippen molar-refractivity contribution in [2.75, 3.05) is 0 Å². The van der Waals surface area contributed by atoms with Crippen LogP contribution in [0.5, 0.6) is 0 Å². The maximum absolute atomic E-state index is 8.94. The molecule has 1 heterocycles. The molecule has 0 atom stereocenters. The summed E-state index contributed by atoms with van der Waals surface area (Å²) in [6.45, 7) is -3.15. The highest BCUT2D eigenvalue weighted by molar-refractivity contribution is 6.19. The van der Waals surface area contributed by atoms with Crippen molar-refractivity contribution >= 4 is 32.6 Å². The molecule has 2 heteroatoms. The van der Waals surface area contributed by atoms with Crippen molar-refractivity contribution in [2.45, 2.75) is 13.2 Å². The first-order valence-electron chi connectivity index (χ1n) is 19.0. The zero-order valence-electron chi connectivity index (χ0n) is 34.2. The summed E-state index contributed by atoms with van der Waals surface area (Å²) in [6, 6.07) is 12.5. The number of rotatable bonds is 4. The summed E-state index contributed by atoms with van der Waals surface area (Å²) >= 11 is 0. The summed E-state index contributed by atoms with van der Waals surface area (Å²) in [5.41, 5.74) is 0.965. The van der Waals surface area contributed by atoms with Crippen LogP contribution >= 0.6 is 0 Å². The number of imidazole rings is 1. The number of para-hydroxylation sites is 2. The second-order valence-corrected chi connectivity index (χ2v) is 8.41. The molecule has 0 amide bonds. The van der Waals surface area contributed by atoms with Gasteiger partial charge in [0.2, 0.25) is 0 Å². The minimum atomic E-state index is -3.15. The molecule has 2 nitrogen and oxygen atoms in total. The zero-order valence-corrected chi connectivity index (χ0v) is 19.2. The Morgan fingerprint density at radius 1 is 0.703 bits per heavy atom. The monoisotopic (exact) mass is 489 g/mol. The summed E-state index contributed by atoms with van der Waals surface area (Å²) in [7, 11) is 0. The lowest BCUT2D eigenvalue weighted by Crippen LogP contribution is -2.03. The number of aromatic nitrogens is 2. The van der Waals surface area contributed by atoms with E-state index in [2.05, 4.69) is 4.98 Å². The Balaban J connectivity index is 1.76. The van der Waals surface area contributed by atoms with Gasteiger partial charge in [-0.15, -0.1) is 0 Å². The maximum atomic E-state index is 8.94. The van der Waals surface area contributed by atoms with E-state index in [1.54, 1.807) is 54.6 Å². The van der Waals surface area contributed by atoms with Gasteiger partial charge in [-0.3, -0.25) is 4.57 Å². The molecule has 6 aromatic carbocycles. The molecule has 0 unspecified atom stereocenters. The van der Waals surface area contributed by atoms with E-state index in [0.717, 1.165) is 0 Å². The predicted molar refractivity (Wildman–Crippen MR) is 156 cm³/mol. The van der Waals surface area contributed by atoms with Crippen LogP contribution in [0.2, 0.25) is 0 Å². The highest BCUT2D eigenvalue weighted by Crippen LogP contribution is 2.43. The first-order chi connectivity index (χ1) is 24.4. The summed E-state index contributed by atoms with van der Waals surface area (Å²) in [5, 5.41) is 1.27. The van der Waals surface area contributed by atoms with Crippen molar-refractivity contribution in [3.8, 4) is 27.9 Å². The molecule has 0 radical (unpaired) electrons. The molecular weight excluding hydrogens is 448 g/mol. The Bertz CT molecular complexity index is 2600. The molecule has 176 valence electrons. The molecule has 0 saturated heterocycles. The minimum Gasteiger partial charge on any atom is -0.295 e. The Morgan fingerprint density at radius 2 is 1.38 bits per heavy atom. The number of nitrogens with zero attached hydrogens (tertiary/aromatic N) is 2. The molecule has 7 aromatic rings. The minimum absolute atomic E-state index is 0.137. The largest absolute Gasteiger partial charge is 0.295 e. The van der Waals surface area contributed by atoms with Crippen molar-refractivity contribution in [3.05, 3.63) is 133 Å². The lowest BCUT2D eigenvalue weighted by atomic mass is 9.88. The highest BCUT2D eigenvalue weighted by atomic mass is 15.1. The van der Waals surface area contributed by atoms with Gasteiger partial charge in [0, 0.05) is 24.0 Å². The van der Waals surface area contributed by atoms with Crippen LogP contribution in [0.1, 0.15) is 33.2 Å². The lowest BCUT2D eigenvalue weighted by Gasteiger charge is -2.20. The molecular formula is C35H26N2. The average Bonchev–Trinajstić information content (AvgIpc) is 3.51. The second kappa shape index (κ2) is 8.76. The van der Waals surface area contributed by atoms with E-state index in [0.29, 0.717) is 27.2 Å². The van der Waals surface area contributed by atoms with Gasteiger partial charge < -0.3 is 0 Å². The normalized spacial score (nSPS) is 18.0. The number of fused-ring (bicyclic) bond motifs is 3. The average molecular weight is 490 g/mol. The molecule has 0 saturated carbocycles. The molecule has 0 aliphatic carbocycles. The van der Waals surface area contributed by atoms with E-state index in [1.807, 2.05) is 0 Å². The Kier molecular flexibility index (Phi) is 2.64.